The van der Waals surface area contributed by atoms with Crippen molar-refractivity contribution in [3.8, 4) is 5.75 Å². The van der Waals surface area contributed by atoms with Gasteiger partial charge in [-0.3, -0.25) is 9.59 Å². The first kappa shape index (κ1) is 34.9. The standard InChI is InChI=1S/C37H47N3O5/c1-10-26-16-13-17-28(22-26)32(33(42)39-31-24(3)14-12-15-25(31)4)40(37(8,9)11-2)34(43)30(38-35(44)45-36(5,6)7)23-27-18-20-29(41)21-19-27/h10,12-22,30,32,41H,1,11,23H2,2-9H3,(H,38,44)(H,39,42). The minimum Gasteiger partial charge on any atom is -0.508 e. The van der Waals surface area contributed by atoms with Crippen molar-refractivity contribution in [1.82, 2.24) is 10.2 Å². The summed E-state index contributed by atoms with van der Waals surface area (Å²) in [7, 11) is 0. The largest absolute Gasteiger partial charge is 0.508 e. The summed E-state index contributed by atoms with van der Waals surface area (Å²) in [5.74, 6) is -0.753. The van der Waals surface area contributed by atoms with E-state index >= 15 is 0 Å². The van der Waals surface area contributed by atoms with E-state index in [1.807, 2.05) is 77.1 Å². The van der Waals surface area contributed by atoms with Gasteiger partial charge in [0.1, 0.15) is 23.4 Å². The number of hydrogen-bond donors (Lipinski definition) is 3. The normalized spacial score (nSPS) is 12.9. The van der Waals surface area contributed by atoms with E-state index in [4.69, 9.17) is 4.74 Å². The van der Waals surface area contributed by atoms with Crippen molar-refractivity contribution in [3.63, 3.8) is 0 Å². The van der Waals surface area contributed by atoms with Gasteiger partial charge in [-0.2, -0.15) is 0 Å². The van der Waals surface area contributed by atoms with Crippen molar-refractivity contribution in [2.75, 3.05) is 5.32 Å². The van der Waals surface area contributed by atoms with Gasteiger partial charge in [-0.15, -0.1) is 0 Å². The van der Waals surface area contributed by atoms with Gasteiger partial charge in [0.05, 0.1) is 0 Å². The number of ether oxygens (including phenoxy) is 1. The molecule has 3 aromatic carbocycles. The topological polar surface area (TPSA) is 108 Å². The first-order valence-electron chi connectivity index (χ1n) is 15.3. The van der Waals surface area contributed by atoms with Crippen LogP contribution in [0.4, 0.5) is 10.5 Å². The Morgan fingerprint density at radius 2 is 1.56 bits per heavy atom. The Morgan fingerprint density at radius 3 is 2.11 bits per heavy atom. The Morgan fingerprint density at radius 1 is 0.956 bits per heavy atom. The molecule has 8 heteroatoms. The lowest BCUT2D eigenvalue weighted by Crippen LogP contribution is -2.59. The average molecular weight is 614 g/mol. The number of anilines is 1. The number of amides is 3. The van der Waals surface area contributed by atoms with Crippen molar-refractivity contribution in [2.45, 2.75) is 91.5 Å². The summed E-state index contributed by atoms with van der Waals surface area (Å²) in [5.41, 5.74) is 2.96. The number of carbonyl (C=O) groups is 3. The molecule has 3 aromatic rings. The molecule has 0 saturated carbocycles. The maximum Gasteiger partial charge on any atom is 0.408 e. The van der Waals surface area contributed by atoms with Gasteiger partial charge in [-0.25, -0.2) is 4.79 Å². The Kier molecular flexibility index (Phi) is 11.2. The molecule has 0 fully saturated rings. The molecule has 2 atom stereocenters. The van der Waals surface area contributed by atoms with E-state index in [9.17, 15) is 19.5 Å². The SMILES string of the molecule is C=Cc1cccc(C(C(=O)Nc2c(C)cccc2C)N(C(=O)C(Cc2ccc(O)cc2)NC(=O)OC(C)(C)C)C(C)(C)CC)c1. The lowest BCUT2D eigenvalue weighted by molar-refractivity contribution is -0.147. The highest BCUT2D eigenvalue weighted by Gasteiger charge is 2.43. The molecule has 0 aliphatic carbocycles. The molecule has 0 aliphatic heterocycles. The summed E-state index contributed by atoms with van der Waals surface area (Å²) in [6, 6.07) is 17.5. The molecule has 8 nitrogen and oxygen atoms in total. The third kappa shape index (κ3) is 9.20. The van der Waals surface area contributed by atoms with Crippen LogP contribution in [0.2, 0.25) is 0 Å². The molecule has 2 unspecified atom stereocenters. The summed E-state index contributed by atoms with van der Waals surface area (Å²) < 4.78 is 5.54. The highest BCUT2D eigenvalue weighted by atomic mass is 16.6. The van der Waals surface area contributed by atoms with Gasteiger partial charge >= 0.3 is 6.09 Å². The number of carbonyl (C=O) groups excluding carboxylic acids is 3. The molecule has 3 N–H and O–H groups in total. The Bertz CT molecular complexity index is 1500. The van der Waals surface area contributed by atoms with Gasteiger partial charge in [-0.1, -0.05) is 68.1 Å². The van der Waals surface area contributed by atoms with Crippen molar-refractivity contribution >= 4 is 29.7 Å². The molecule has 3 amide bonds. The average Bonchev–Trinajstić information content (AvgIpc) is 2.97. The Labute approximate surface area is 267 Å². The van der Waals surface area contributed by atoms with Crippen molar-refractivity contribution in [1.29, 1.82) is 0 Å². The zero-order valence-corrected chi connectivity index (χ0v) is 27.7. The van der Waals surface area contributed by atoms with Crippen LogP contribution in [-0.4, -0.2) is 45.1 Å². The zero-order chi connectivity index (χ0) is 33.5. The molecule has 0 bridgehead atoms. The molecule has 0 aromatic heterocycles. The number of phenolic OH excluding ortho intramolecular Hbond substituents is 1. The number of aromatic hydroxyl groups is 1. The van der Waals surface area contributed by atoms with Crippen molar-refractivity contribution in [2.24, 2.45) is 0 Å². The predicted octanol–water partition coefficient (Wildman–Crippen LogP) is 7.49. The third-order valence-corrected chi connectivity index (χ3v) is 7.82. The van der Waals surface area contributed by atoms with Gasteiger partial charge in [0.2, 0.25) is 5.91 Å². The number of nitrogens with one attached hydrogen (secondary N) is 2. The maximum atomic E-state index is 14.9. The zero-order valence-electron chi connectivity index (χ0n) is 27.7. The summed E-state index contributed by atoms with van der Waals surface area (Å²) in [6.07, 6.45) is 1.57. The van der Waals surface area contributed by atoms with Gasteiger partial charge < -0.3 is 25.4 Å². The number of para-hydroxylation sites is 1. The van der Waals surface area contributed by atoms with E-state index in [2.05, 4.69) is 17.2 Å². The molecule has 0 aliphatic rings. The number of benzene rings is 3. The van der Waals surface area contributed by atoms with E-state index in [1.165, 1.54) is 12.1 Å². The number of aryl methyl sites for hydroxylation is 2. The molecule has 3 rings (SSSR count). The number of hydrogen-bond acceptors (Lipinski definition) is 5. The van der Waals surface area contributed by atoms with Crippen LogP contribution in [0.5, 0.6) is 5.75 Å². The molecule has 0 heterocycles. The lowest BCUT2D eigenvalue weighted by atomic mass is 9.90. The van der Waals surface area contributed by atoms with Crippen LogP contribution in [0, 0.1) is 13.8 Å². The second kappa shape index (κ2) is 14.5. The van der Waals surface area contributed by atoms with Crippen LogP contribution in [0.1, 0.15) is 81.8 Å². The lowest BCUT2D eigenvalue weighted by Gasteiger charge is -2.44. The Balaban J connectivity index is 2.20. The van der Waals surface area contributed by atoms with Gasteiger partial charge in [0.15, 0.2) is 0 Å². The highest BCUT2D eigenvalue weighted by Crippen LogP contribution is 2.34. The predicted molar refractivity (Wildman–Crippen MR) is 180 cm³/mol. The second-order valence-corrected chi connectivity index (χ2v) is 13.0. The summed E-state index contributed by atoms with van der Waals surface area (Å²) in [5, 5.41) is 15.7. The van der Waals surface area contributed by atoms with Crippen molar-refractivity contribution in [3.05, 3.63) is 101 Å². The molecular weight excluding hydrogens is 566 g/mol. The quantitative estimate of drug-likeness (QED) is 0.208. The smallest absolute Gasteiger partial charge is 0.408 e. The van der Waals surface area contributed by atoms with Gasteiger partial charge in [0, 0.05) is 17.6 Å². The summed E-state index contributed by atoms with van der Waals surface area (Å²) >= 11 is 0. The van der Waals surface area contributed by atoms with E-state index in [0.717, 1.165) is 16.7 Å². The number of nitrogens with zero attached hydrogens (tertiary/aromatic N) is 1. The molecule has 0 saturated heterocycles. The van der Waals surface area contributed by atoms with E-state index < -0.39 is 35.2 Å². The fourth-order valence-corrected chi connectivity index (χ4v) is 5.11. The third-order valence-electron chi connectivity index (χ3n) is 7.82. The summed E-state index contributed by atoms with van der Waals surface area (Å²) in [6.45, 7) is 18.8. The van der Waals surface area contributed by atoms with E-state index in [1.54, 1.807) is 43.9 Å². The van der Waals surface area contributed by atoms with E-state index in [0.29, 0.717) is 23.2 Å². The fourth-order valence-electron chi connectivity index (χ4n) is 5.11. The number of phenols is 1. The monoisotopic (exact) mass is 613 g/mol. The first-order chi connectivity index (χ1) is 21.1. The van der Waals surface area contributed by atoms with Gasteiger partial charge in [-0.05, 0) is 101 Å². The molecule has 240 valence electrons. The van der Waals surface area contributed by atoms with Crippen LogP contribution in [0.3, 0.4) is 0 Å². The minimum absolute atomic E-state index is 0.0841. The molecule has 45 heavy (non-hydrogen) atoms. The van der Waals surface area contributed by atoms with Crippen LogP contribution in [-0.2, 0) is 20.7 Å². The Hall–Kier alpha value is -4.59. The maximum absolute atomic E-state index is 14.9. The van der Waals surface area contributed by atoms with Crippen LogP contribution < -0.4 is 10.6 Å². The van der Waals surface area contributed by atoms with Crippen molar-refractivity contribution < 1.29 is 24.2 Å². The molecule has 0 radical (unpaired) electrons. The van der Waals surface area contributed by atoms with E-state index in [-0.39, 0.29) is 18.1 Å². The van der Waals surface area contributed by atoms with Crippen LogP contribution in [0.25, 0.3) is 6.08 Å². The molecular formula is C37H47N3O5. The number of alkyl carbamates (subject to hydrolysis) is 1. The molecule has 0 spiro atoms. The second-order valence-electron chi connectivity index (χ2n) is 13.0. The first-order valence-corrected chi connectivity index (χ1v) is 15.3. The highest BCUT2D eigenvalue weighted by molar-refractivity contribution is 6.00. The summed E-state index contributed by atoms with van der Waals surface area (Å²) in [4.78, 5) is 44.1. The minimum atomic E-state index is -1.09. The number of rotatable bonds is 11. The van der Waals surface area contributed by atoms with Crippen LogP contribution >= 0.6 is 0 Å². The van der Waals surface area contributed by atoms with Gasteiger partial charge in [0.25, 0.3) is 5.91 Å². The fraction of sp³-hybridized carbons (Fsp3) is 0.378. The van der Waals surface area contributed by atoms with Crippen LogP contribution in [0.15, 0.2) is 73.3 Å².